The Hall–Kier alpha value is -0.370. The molecule has 0 heterocycles. The highest BCUT2D eigenvalue weighted by molar-refractivity contribution is 5.84. The number of hydrogen-bond acceptors (Lipinski definition) is 2. The maximum absolute atomic E-state index is 11.5. The van der Waals surface area contributed by atoms with Gasteiger partial charge in [-0.2, -0.15) is 0 Å². The Morgan fingerprint density at radius 1 is 1.31 bits per heavy atom. The summed E-state index contributed by atoms with van der Waals surface area (Å²) < 4.78 is 5.39. The molecule has 1 atom stereocenters. The average molecular weight is 184 g/mol. The summed E-state index contributed by atoms with van der Waals surface area (Å²) in [4.78, 5) is 11.5. The minimum atomic E-state index is -0.527. The lowest BCUT2D eigenvalue weighted by molar-refractivity contribution is -0.145. The molecule has 0 aromatic rings. The smallest absolute Gasteiger partial charge is 0.161 e. The Morgan fingerprint density at radius 2 is 1.85 bits per heavy atom. The molecule has 0 N–H and O–H groups in total. The van der Waals surface area contributed by atoms with Gasteiger partial charge in [0.05, 0.1) is 0 Å². The lowest BCUT2D eigenvalue weighted by Gasteiger charge is -2.36. The summed E-state index contributed by atoms with van der Waals surface area (Å²) >= 11 is 0. The van der Waals surface area contributed by atoms with Crippen molar-refractivity contribution >= 4 is 5.78 Å². The number of ketones is 1. The quantitative estimate of drug-likeness (QED) is 0.673. The topological polar surface area (TPSA) is 26.3 Å². The van der Waals surface area contributed by atoms with Crippen LogP contribution in [0.25, 0.3) is 0 Å². The monoisotopic (exact) mass is 184 g/mol. The summed E-state index contributed by atoms with van der Waals surface area (Å²) in [5.41, 5.74) is -0.527. The lowest BCUT2D eigenvalue weighted by Crippen LogP contribution is -2.44. The van der Waals surface area contributed by atoms with Crippen LogP contribution < -0.4 is 0 Å². The van der Waals surface area contributed by atoms with E-state index in [1.54, 1.807) is 14.0 Å². The summed E-state index contributed by atoms with van der Waals surface area (Å²) in [6.45, 7) is 3.57. The average Bonchev–Trinajstić information content (AvgIpc) is 2.17. The van der Waals surface area contributed by atoms with Gasteiger partial charge in [-0.25, -0.2) is 0 Å². The van der Waals surface area contributed by atoms with Crippen molar-refractivity contribution in [3.63, 3.8) is 0 Å². The standard InChI is InChI=1S/C11H20O2/c1-9(12)11(2,13-3)10-7-5-4-6-8-10/h10H,4-8H2,1-3H3/t11-/m0/s1. The molecule has 0 aromatic carbocycles. The number of ether oxygens (including phenoxy) is 1. The van der Waals surface area contributed by atoms with Crippen LogP contribution in [-0.2, 0) is 9.53 Å². The molecule has 0 unspecified atom stereocenters. The first kappa shape index (κ1) is 10.7. The largest absolute Gasteiger partial charge is 0.370 e. The van der Waals surface area contributed by atoms with Crippen LogP contribution in [-0.4, -0.2) is 18.5 Å². The van der Waals surface area contributed by atoms with Crippen molar-refractivity contribution in [2.45, 2.75) is 51.6 Å². The van der Waals surface area contributed by atoms with Gasteiger partial charge in [0, 0.05) is 7.11 Å². The maximum atomic E-state index is 11.5. The molecule has 1 aliphatic rings. The number of methoxy groups -OCH3 is 1. The molecule has 0 radical (unpaired) electrons. The molecule has 0 aliphatic heterocycles. The molecule has 2 nitrogen and oxygen atoms in total. The molecule has 1 aliphatic carbocycles. The van der Waals surface area contributed by atoms with Crippen LogP contribution in [0.4, 0.5) is 0 Å². The van der Waals surface area contributed by atoms with E-state index in [2.05, 4.69) is 0 Å². The summed E-state index contributed by atoms with van der Waals surface area (Å²) in [6, 6.07) is 0. The van der Waals surface area contributed by atoms with Crippen LogP contribution in [0.3, 0.4) is 0 Å². The highest BCUT2D eigenvalue weighted by Gasteiger charge is 2.38. The first-order valence-corrected chi connectivity index (χ1v) is 5.17. The van der Waals surface area contributed by atoms with Crippen molar-refractivity contribution in [2.24, 2.45) is 5.92 Å². The lowest BCUT2D eigenvalue weighted by atomic mass is 9.76. The van der Waals surface area contributed by atoms with Crippen LogP contribution in [0.15, 0.2) is 0 Å². The molecule has 13 heavy (non-hydrogen) atoms. The minimum Gasteiger partial charge on any atom is -0.370 e. The zero-order valence-corrected chi connectivity index (χ0v) is 8.93. The number of carbonyl (C=O) groups excluding carboxylic acids is 1. The Bertz CT molecular complexity index is 183. The van der Waals surface area contributed by atoms with E-state index in [-0.39, 0.29) is 5.78 Å². The van der Waals surface area contributed by atoms with Gasteiger partial charge < -0.3 is 4.74 Å². The first-order valence-electron chi connectivity index (χ1n) is 5.17. The molecule has 76 valence electrons. The molecule has 0 amide bonds. The predicted octanol–water partition coefficient (Wildman–Crippen LogP) is 2.56. The Kier molecular flexibility index (Phi) is 3.48. The summed E-state index contributed by atoms with van der Waals surface area (Å²) in [7, 11) is 1.65. The van der Waals surface area contributed by atoms with E-state index < -0.39 is 5.60 Å². The highest BCUT2D eigenvalue weighted by Crippen LogP contribution is 2.35. The van der Waals surface area contributed by atoms with Crippen LogP contribution in [0.5, 0.6) is 0 Å². The fraction of sp³-hybridized carbons (Fsp3) is 0.909. The van der Waals surface area contributed by atoms with E-state index in [4.69, 9.17) is 4.74 Å². The van der Waals surface area contributed by atoms with E-state index in [1.807, 2.05) is 6.92 Å². The molecular weight excluding hydrogens is 164 g/mol. The van der Waals surface area contributed by atoms with E-state index in [0.29, 0.717) is 5.92 Å². The summed E-state index contributed by atoms with van der Waals surface area (Å²) in [5, 5.41) is 0. The van der Waals surface area contributed by atoms with Crippen LogP contribution in [0, 0.1) is 5.92 Å². The zero-order chi connectivity index (χ0) is 9.90. The van der Waals surface area contributed by atoms with E-state index in [0.717, 1.165) is 12.8 Å². The maximum Gasteiger partial charge on any atom is 0.161 e. The molecule has 1 rings (SSSR count). The first-order chi connectivity index (χ1) is 6.11. The van der Waals surface area contributed by atoms with Crippen molar-refractivity contribution in [2.75, 3.05) is 7.11 Å². The van der Waals surface area contributed by atoms with E-state index in [1.165, 1.54) is 19.3 Å². The van der Waals surface area contributed by atoms with Gasteiger partial charge in [-0.1, -0.05) is 19.3 Å². The number of hydrogen-bond donors (Lipinski definition) is 0. The Labute approximate surface area is 80.7 Å². The molecule has 1 fully saturated rings. The fourth-order valence-corrected chi connectivity index (χ4v) is 2.25. The van der Waals surface area contributed by atoms with Gasteiger partial charge in [-0.15, -0.1) is 0 Å². The van der Waals surface area contributed by atoms with Gasteiger partial charge in [0.15, 0.2) is 5.78 Å². The van der Waals surface area contributed by atoms with Gasteiger partial charge in [0.1, 0.15) is 5.60 Å². The fourth-order valence-electron chi connectivity index (χ4n) is 2.25. The minimum absolute atomic E-state index is 0.168. The van der Waals surface area contributed by atoms with Crippen LogP contribution in [0.2, 0.25) is 0 Å². The van der Waals surface area contributed by atoms with E-state index in [9.17, 15) is 4.79 Å². The van der Waals surface area contributed by atoms with Crippen molar-refractivity contribution in [1.82, 2.24) is 0 Å². The Morgan fingerprint density at radius 3 is 2.23 bits per heavy atom. The molecule has 0 bridgehead atoms. The molecular formula is C11H20O2. The third-order valence-electron chi connectivity index (χ3n) is 3.51. The van der Waals surface area contributed by atoms with Crippen molar-refractivity contribution < 1.29 is 9.53 Å². The summed E-state index contributed by atoms with van der Waals surface area (Å²) in [5.74, 6) is 0.602. The molecule has 0 aromatic heterocycles. The SMILES string of the molecule is CO[C@@](C)(C(C)=O)C1CCCCC1. The van der Waals surface area contributed by atoms with Gasteiger partial charge in [-0.3, -0.25) is 4.79 Å². The third kappa shape index (κ3) is 2.11. The molecule has 2 heteroatoms. The van der Waals surface area contributed by atoms with E-state index >= 15 is 0 Å². The molecule has 0 saturated heterocycles. The van der Waals surface area contributed by atoms with Crippen molar-refractivity contribution in [3.8, 4) is 0 Å². The van der Waals surface area contributed by atoms with Crippen LogP contribution in [0.1, 0.15) is 46.0 Å². The van der Waals surface area contributed by atoms with Gasteiger partial charge >= 0.3 is 0 Å². The van der Waals surface area contributed by atoms with Gasteiger partial charge in [0.2, 0.25) is 0 Å². The number of rotatable bonds is 3. The highest BCUT2D eigenvalue weighted by atomic mass is 16.5. The second-order valence-electron chi connectivity index (χ2n) is 4.20. The van der Waals surface area contributed by atoms with Gasteiger partial charge in [0.25, 0.3) is 0 Å². The predicted molar refractivity (Wildman–Crippen MR) is 52.7 cm³/mol. The molecule has 0 spiro atoms. The van der Waals surface area contributed by atoms with Gasteiger partial charge in [-0.05, 0) is 32.6 Å². The second-order valence-corrected chi connectivity index (χ2v) is 4.20. The zero-order valence-electron chi connectivity index (χ0n) is 8.93. The Balaban J connectivity index is 2.68. The van der Waals surface area contributed by atoms with Crippen molar-refractivity contribution in [1.29, 1.82) is 0 Å². The normalized spacial score (nSPS) is 23.9. The number of carbonyl (C=O) groups is 1. The summed E-state index contributed by atoms with van der Waals surface area (Å²) in [6.07, 6.45) is 6.09. The second kappa shape index (κ2) is 4.23. The molecule has 1 saturated carbocycles. The third-order valence-corrected chi connectivity index (χ3v) is 3.51. The van der Waals surface area contributed by atoms with Crippen LogP contribution >= 0.6 is 0 Å². The van der Waals surface area contributed by atoms with Crippen molar-refractivity contribution in [3.05, 3.63) is 0 Å². The number of Topliss-reactive ketones (excluding diaryl/α,β-unsaturated/α-hetero) is 1.